The van der Waals surface area contributed by atoms with Crippen molar-refractivity contribution in [2.24, 2.45) is 0 Å². The zero-order chi connectivity index (χ0) is 17.0. The summed E-state index contributed by atoms with van der Waals surface area (Å²) in [6, 6.07) is 6.36. The number of aromatic nitrogens is 1. The predicted molar refractivity (Wildman–Crippen MR) is 86.7 cm³/mol. The number of hydrogen-bond acceptors (Lipinski definition) is 8. The molecule has 0 aliphatic rings. The predicted octanol–water partition coefficient (Wildman–Crippen LogP) is 2.08. The molecule has 0 fully saturated rings. The van der Waals surface area contributed by atoms with Crippen LogP contribution in [0.2, 0.25) is 0 Å². The van der Waals surface area contributed by atoms with Gasteiger partial charge < -0.3 is 10.1 Å². The number of ether oxygens (including phenoxy) is 1. The molecule has 1 heterocycles. The fourth-order valence-electron chi connectivity index (χ4n) is 1.68. The van der Waals surface area contributed by atoms with E-state index in [-0.39, 0.29) is 17.1 Å². The van der Waals surface area contributed by atoms with Crippen LogP contribution in [0.3, 0.4) is 0 Å². The van der Waals surface area contributed by atoms with Gasteiger partial charge in [0.05, 0.1) is 21.7 Å². The van der Waals surface area contributed by atoms with Crippen molar-refractivity contribution >= 4 is 42.5 Å². The molecule has 0 unspecified atom stereocenters. The van der Waals surface area contributed by atoms with E-state index in [9.17, 15) is 13.2 Å². The summed E-state index contributed by atoms with van der Waals surface area (Å²) in [5, 5.41) is 12.1. The maximum atomic E-state index is 11.5. The summed E-state index contributed by atoms with van der Waals surface area (Å²) in [5.41, 5.74) is 0.441. The van der Waals surface area contributed by atoms with E-state index >= 15 is 0 Å². The Morgan fingerprint density at radius 2 is 2.26 bits per heavy atom. The lowest BCUT2D eigenvalue weighted by molar-refractivity contribution is -0.138. The average molecular weight is 351 g/mol. The average Bonchev–Trinajstić information content (AvgIpc) is 2.89. The molecular weight excluding hydrogens is 338 g/mol. The van der Waals surface area contributed by atoms with Gasteiger partial charge in [-0.2, -0.15) is 5.26 Å². The summed E-state index contributed by atoms with van der Waals surface area (Å²) >= 11 is 1.21. The topological polar surface area (TPSA) is 109 Å². The van der Waals surface area contributed by atoms with Gasteiger partial charge in [-0.05, 0) is 25.1 Å². The number of thiazole rings is 1. The Morgan fingerprint density at radius 1 is 1.52 bits per heavy atom. The lowest BCUT2D eigenvalue weighted by Crippen LogP contribution is -2.07. The number of carbonyl (C=O) groups excluding carboxylic acids is 1. The molecule has 0 aliphatic heterocycles. The van der Waals surface area contributed by atoms with Crippen LogP contribution in [0.5, 0.6) is 0 Å². The molecule has 2 aromatic rings. The van der Waals surface area contributed by atoms with Gasteiger partial charge in [-0.1, -0.05) is 11.3 Å². The Balaban J connectivity index is 2.28. The summed E-state index contributed by atoms with van der Waals surface area (Å²) in [7, 11) is -3.29. The van der Waals surface area contributed by atoms with Crippen molar-refractivity contribution in [3.63, 3.8) is 0 Å². The first-order valence-electron chi connectivity index (χ1n) is 6.49. The number of benzene rings is 1. The van der Waals surface area contributed by atoms with Crippen LogP contribution in [0.1, 0.15) is 6.92 Å². The fraction of sp³-hybridized carbons (Fsp3) is 0.214. The van der Waals surface area contributed by atoms with Crippen molar-refractivity contribution in [2.45, 2.75) is 11.8 Å². The number of nitriles is 1. The van der Waals surface area contributed by atoms with Crippen molar-refractivity contribution < 1.29 is 17.9 Å². The first-order chi connectivity index (χ1) is 10.8. The van der Waals surface area contributed by atoms with E-state index in [0.717, 1.165) is 6.26 Å². The number of nitrogens with one attached hydrogen (secondary N) is 1. The molecule has 1 aromatic heterocycles. The Hall–Kier alpha value is -2.44. The van der Waals surface area contributed by atoms with Crippen molar-refractivity contribution in [1.29, 1.82) is 5.26 Å². The Morgan fingerprint density at radius 3 is 2.87 bits per heavy atom. The molecule has 9 heteroatoms. The van der Waals surface area contributed by atoms with Crippen molar-refractivity contribution in [1.82, 2.24) is 4.98 Å². The van der Waals surface area contributed by atoms with Crippen LogP contribution < -0.4 is 5.32 Å². The first kappa shape index (κ1) is 16.9. The van der Waals surface area contributed by atoms with E-state index in [4.69, 9.17) is 10.00 Å². The van der Waals surface area contributed by atoms with E-state index in [2.05, 4.69) is 10.3 Å². The molecule has 1 N–H and O–H groups in total. The van der Waals surface area contributed by atoms with Crippen LogP contribution in [-0.2, 0) is 19.4 Å². The van der Waals surface area contributed by atoms with Crippen molar-refractivity contribution in [3.8, 4) is 6.07 Å². The van der Waals surface area contributed by atoms with E-state index in [0.29, 0.717) is 15.3 Å². The van der Waals surface area contributed by atoms with Gasteiger partial charge in [0.1, 0.15) is 6.07 Å². The number of hydrogen-bond donors (Lipinski definition) is 1. The maximum Gasteiger partial charge on any atom is 0.350 e. The van der Waals surface area contributed by atoms with Gasteiger partial charge in [0.2, 0.25) is 0 Å². The van der Waals surface area contributed by atoms with E-state index in [1.165, 1.54) is 29.7 Å². The van der Waals surface area contributed by atoms with Crippen LogP contribution in [0.15, 0.2) is 34.9 Å². The van der Waals surface area contributed by atoms with Crippen LogP contribution in [-0.4, -0.2) is 32.2 Å². The Bertz CT molecular complexity index is 923. The summed E-state index contributed by atoms with van der Waals surface area (Å²) in [6.45, 7) is 1.82. The molecule has 7 nitrogen and oxygen atoms in total. The van der Waals surface area contributed by atoms with Gasteiger partial charge in [-0.3, -0.25) is 0 Å². The van der Waals surface area contributed by atoms with E-state index < -0.39 is 15.8 Å². The summed E-state index contributed by atoms with van der Waals surface area (Å²) in [6.07, 6.45) is 2.35. The Kier molecular flexibility index (Phi) is 4.98. The Labute approximate surface area is 137 Å². The molecule has 120 valence electrons. The molecular formula is C14H13N3O4S2. The number of anilines is 1. The number of fused-ring (bicyclic) bond motifs is 1. The number of sulfone groups is 1. The highest BCUT2D eigenvalue weighted by molar-refractivity contribution is 7.90. The molecule has 0 aliphatic carbocycles. The molecule has 1 aromatic carbocycles. The number of nitrogens with zero attached hydrogens (tertiary/aromatic N) is 2. The molecule has 0 atom stereocenters. The highest BCUT2D eigenvalue weighted by atomic mass is 32.2. The zero-order valence-corrected chi connectivity index (χ0v) is 14.0. The number of carbonyl (C=O) groups is 1. The third-order valence-corrected chi connectivity index (χ3v) is 4.80. The van der Waals surface area contributed by atoms with Crippen LogP contribution in [0, 0.1) is 11.3 Å². The third-order valence-electron chi connectivity index (χ3n) is 2.74. The van der Waals surface area contributed by atoms with E-state index in [1.807, 2.05) is 0 Å². The molecule has 0 saturated carbocycles. The van der Waals surface area contributed by atoms with Gasteiger partial charge in [-0.15, -0.1) is 0 Å². The summed E-state index contributed by atoms with van der Waals surface area (Å²) < 4.78 is 28.5. The second-order valence-corrected chi connectivity index (χ2v) is 7.50. The van der Waals surface area contributed by atoms with E-state index in [1.54, 1.807) is 19.1 Å². The number of rotatable bonds is 5. The van der Waals surface area contributed by atoms with Crippen molar-refractivity contribution in [3.05, 3.63) is 30.0 Å². The lowest BCUT2D eigenvalue weighted by Gasteiger charge is -1.99. The number of esters is 1. The van der Waals surface area contributed by atoms with Gasteiger partial charge in [0.15, 0.2) is 20.5 Å². The fourth-order valence-corrected chi connectivity index (χ4v) is 3.27. The van der Waals surface area contributed by atoms with Gasteiger partial charge in [0.25, 0.3) is 0 Å². The highest BCUT2D eigenvalue weighted by Gasteiger charge is 2.12. The normalized spacial score (nSPS) is 12.0. The summed E-state index contributed by atoms with van der Waals surface area (Å²) in [4.78, 5) is 15.9. The highest BCUT2D eigenvalue weighted by Crippen LogP contribution is 2.28. The SMILES string of the molecule is CCOC(=O)/C(C#N)=C/Nc1nc2ccc(S(C)(=O)=O)cc2s1. The largest absolute Gasteiger partial charge is 0.462 e. The monoisotopic (exact) mass is 351 g/mol. The molecule has 0 saturated heterocycles. The van der Waals surface area contributed by atoms with Crippen LogP contribution >= 0.6 is 11.3 Å². The van der Waals surface area contributed by atoms with Gasteiger partial charge >= 0.3 is 5.97 Å². The maximum absolute atomic E-state index is 11.5. The minimum atomic E-state index is -3.29. The van der Waals surface area contributed by atoms with Crippen LogP contribution in [0.4, 0.5) is 5.13 Å². The second kappa shape index (κ2) is 6.76. The van der Waals surface area contributed by atoms with Crippen LogP contribution in [0.25, 0.3) is 10.2 Å². The molecule has 0 radical (unpaired) electrons. The minimum Gasteiger partial charge on any atom is -0.462 e. The molecule has 2 rings (SSSR count). The molecule has 0 bridgehead atoms. The zero-order valence-electron chi connectivity index (χ0n) is 12.4. The molecule has 0 amide bonds. The summed E-state index contributed by atoms with van der Waals surface area (Å²) in [5.74, 6) is -0.719. The quantitative estimate of drug-likeness (QED) is 0.499. The van der Waals surface area contributed by atoms with Crippen molar-refractivity contribution in [2.75, 3.05) is 18.2 Å². The lowest BCUT2D eigenvalue weighted by atomic mass is 10.3. The third kappa shape index (κ3) is 4.06. The smallest absolute Gasteiger partial charge is 0.350 e. The second-order valence-electron chi connectivity index (χ2n) is 4.46. The van der Waals surface area contributed by atoms with Gasteiger partial charge in [-0.25, -0.2) is 18.2 Å². The first-order valence-corrected chi connectivity index (χ1v) is 9.20. The standard InChI is InChI=1S/C14H13N3O4S2/c1-3-21-13(18)9(7-15)8-16-14-17-11-5-4-10(23(2,19)20)6-12(11)22-14/h4-6,8H,3H2,1-2H3,(H,16,17)/b9-8+. The minimum absolute atomic E-state index is 0.174. The molecule has 0 spiro atoms. The molecule has 23 heavy (non-hydrogen) atoms. The van der Waals surface area contributed by atoms with Gasteiger partial charge in [0, 0.05) is 12.5 Å².